The summed E-state index contributed by atoms with van der Waals surface area (Å²) in [5, 5.41) is 1.15. The van der Waals surface area contributed by atoms with Gasteiger partial charge in [-0.25, -0.2) is 4.98 Å². The Morgan fingerprint density at radius 2 is 1.79 bits per heavy atom. The molecule has 3 nitrogen and oxygen atoms in total. The summed E-state index contributed by atoms with van der Waals surface area (Å²) in [6.07, 6.45) is 3.72. The Balaban J connectivity index is 0.000000639. The third-order valence-corrected chi connectivity index (χ3v) is 2.85. The number of nitrogens with one attached hydrogen (secondary N) is 1. The van der Waals surface area contributed by atoms with Crippen molar-refractivity contribution in [2.45, 2.75) is 27.7 Å². The van der Waals surface area contributed by atoms with Crippen LogP contribution in [0.15, 0.2) is 36.7 Å². The van der Waals surface area contributed by atoms with E-state index in [1.807, 2.05) is 33.2 Å². The van der Waals surface area contributed by atoms with Crippen molar-refractivity contribution in [1.29, 1.82) is 0 Å². The quantitative estimate of drug-likeness (QED) is 0.695. The normalized spacial score (nSPS) is 10.1. The van der Waals surface area contributed by atoms with Crippen molar-refractivity contribution in [1.82, 2.24) is 15.0 Å². The fourth-order valence-corrected chi connectivity index (χ4v) is 1.95. The largest absolute Gasteiger partial charge is 0.342 e. The maximum Gasteiger partial charge on any atom is 0.103 e. The van der Waals surface area contributed by atoms with Crippen molar-refractivity contribution in [3.05, 3.63) is 48.0 Å². The highest BCUT2D eigenvalue weighted by Crippen LogP contribution is 2.21. The van der Waals surface area contributed by atoms with Crippen molar-refractivity contribution in [2.24, 2.45) is 0 Å². The molecule has 3 heteroatoms. The number of aryl methyl sites for hydroxylation is 2. The summed E-state index contributed by atoms with van der Waals surface area (Å²) >= 11 is 0. The number of nitrogens with zero attached hydrogens (tertiary/aromatic N) is 2. The lowest BCUT2D eigenvalue weighted by Gasteiger charge is -2.02. The van der Waals surface area contributed by atoms with Crippen LogP contribution in [0.4, 0.5) is 0 Å². The van der Waals surface area contributed by atoms with Gasteiger partial charge in [0.25, 0.3) is 0 Å². The zero-order chi connectivity index (χ0) is 13.8. The van der Waals surface area contributed by atoms with Gasteiger partial charge in [-0.2, -0.15) is 0 Å². The molecule has 2 aromatic heterocycles. The lowest BCUT2D eigenvalue weighted by molar-refractivity contribution is 1.15. The van der Waals surface area contributed by atoms with E-state index in [0.29, 0.717) is 0 Å². The first-order valence-corrected chi connectivity index (χ1v) is 6.61. The summed E-state index contributed by atoms with van der Waals surface area (Å²) in [6, 6.07) is 8.43. The van der Waals surface area contributed by atoms with Crippen molar-refractivity contribution >= 4 is 10.9 Å². The molecule has 19 heavy (non-hydrogen) atoms. The molecule has 0 saturated heterocycles. The molecular weight excluding hydrogens is 234 g/mol. The number of aromatic nitrogens is 3. The molecule has 0 atom stereocenters. The zero-order valence-corrected chi connectivity index (χ0v) is 11.9. The van der Waals surface area contributed by atoms with Gasteiger partial charge in [0.15, 0.2) is 0 Å². The van der Waals surface area contributed by atoms with E-state index in [2.05, 4.69) is 46.1 Å². The van der Waals surface area contributed by atoms with E-state index in [0.717, 1.165) is 28.0 Å². The van der Waals surface area contributed by atoms with E-state index in [-0.39, 0.29) is 1.43 Å². The minimum absolute atomic E-state index is 0. The molecule has 0 spiro atoms. The highest BCUT2D eigenvalue weighted by molar-refractivity contribution is 5.83. The van der Waals surface area contributed by atoms with Gasteiger partial charge >= 0.3 is 0 Å². The first kappa shape index (κ1) is 13.3. The molecule has 100 valence electrons. The minimum atomic E-state index is 0. The van der Waals surface area contributed by atoms with Crippen molar-refractivity contribution in [3.8, 4) is 11.3 Å². The molecule has 0 amide bonds. The maximum atomic E-state index is 4.48. The molecule has 0 aliphatic rings. The summed E-state index contributed by atoms with van der Waals surface area (Å²) in [4.78, 5) is 11.9. The highest BCUT2D eigenvalue weighted by atomic mass is 14.9. The maximum absolute atomic E-state index is 4.48. The van der Waals surface area contributed by atoms with Crippen molar-refractivity contribution in [2.75, 3.05) is 0 Å². The average Bonchev–Trinajstić information content (AvgIpc) is 2.87. The SMILES string of the molecule is CC.Cc1ccc2cc(-c3cnc(C)[nH]3)cnc2c1.[HH]. The van der Waals surface area contributed by atoms with Crippen LogP contribution in [0.5, 0.6) is 0 Å². The highest BCUT2D eigenvalue weighted by Gasteiger charge is 2.03. The molecule has 2 heterocycles. The van der Waals surface area contributed by atoms with E-state index < -0.39 is 0 Å². The van der Waals surface area contributed by atoms with Crippen LogP contribution in [-0.4, -0.2) is 15.0 Å². The van der Waals surface area contributed by atoms with E-state index >= 15 is 0 Å². The molecule has 3 rings (SSSR count). The second kappa shape index (κ2) is 5.65. The van der Waals surface area contributed by atoms with Gasteiger partial charge in [0.1, 0.15) is 5.82 Å². The monoisotopic (exact) mass is 255 g/mol. The van der Waals surface area contributed by atoms with E-state index in [9.17, 15) is 0 Å². The van der Waals surface area contributed by atoms with Crippen LogP contribution < -0.4 is 0 Å². The van der Waals surface area contributed by atoms with Crippen LogP contribution in [0.2, 0.25) is 0 Å². The topological polar surface area (TPSA) is 41.6 Å². The summed E-state index contributed by atoms with van der Waals surface area (Å²) in [7, 11) is 0. The van der Waals surface area contributed by atoms with Gasteiger partial charge < -0.3 is 4.98 Å². The Bertz CT molecular complexity index is 689. The van der Waals surface area contributed by atoms with Gasteiger partial charge in [0, 0.05) is 18.6 Å². The Morgan fingerprint density at radius 3 is 2.47 bits per heavy atom. The van der Waals surface area contributed by atoms with Crippen LogP contribution in [0.3, 0.4) is 0 Å². The number of fused-ring (bicyclic) bond motifs is 1. The molecule has 0 aliphatic heterocycles. The fourth-order valence-electron chi connectivity index (χ4n) is 1.95. The number of imidazole rings is 1. The standard InChI is InChI=1S/C14H13N3.C2H6.H2/c1-9-3-4-11-6-12(7-16-13(11)5-9)14-8-15-10(2)17-14;1-2;/h3-8H,1-2H3,(H,15,17);1-2H3;1H. The Labute approximate surface area is 115 Å². The molecule has 1 N–H and O–H groups in total. The number of H-pyrrole nitrogens is 1. The Hall–Kier alpha value is -2.16. The second-order valence-corrected chi connectivity index (χ2v) is 4.30. The van der Waals surface area contributed by atoms with Gasteiger partial charge in [-0.1, -0.05) is 26.0 Å². The zero-order valence-electron chi connectivity index (χ0n) is 11.9. The summed E-state index contributed by atoms with van der Waals surface area (Å²) in [6.45, 7) is 8.02. The summed E-state index contributed by atoms with van der Waals surface area (Å²) in [5.41, 5.74) is 4.35. The van der Waals surface area contributed by atoms with Crippen molar-refractivity contribution < 1.29 is 1.43 Å². The number of pyridine rings is 1. The van der Waals surface area contributed by atoms with Gasteiger partial charge in [0.2, 0.25) is 0 Å². The molecule has 0 fully saturated rings. The molecule has 1 aromatic carbocycles. The van der Waals surface area contributed by atoms with Crippen LogP contribution in [0.1, 0.15) is 26.7 Å². The number of hydrogen-bond acceptors (Lipinski definition) is 2. The molecule has 3 aromatic rings. The summed E-state index contributed by atoms with van der Waals surface area (Å²) in [5.74, 6) is 0.920. The third kappa shape index (κ3) is 2.81. The average molecular weight is 255 g/mol. The first-order chi connectivity index (χ1) is 9.22. The third-order valence-electron chi connectivity index (χ3n) is 2.85. The van der Waals surface area contributed by atoms with Crippen LogP contribution >= 0.6 is 0 Å². The fraction of sp³-hybridized carbons (Fsp3) is 0.250. The van der Waals surface area contributed by atoms with Gasteiger partial charge in [-0.15, -0.1) is 0 Å². The Morgan fingerprint density at radius 1 is 1.00 bits per heavy atom. The van der Waals surface area contributed by atoms with Crippen LogP contribution in [-0.2, 0) is 0 Å². The van der Waals surface area contributed by atoms with Crippen LogP contribution in [0, 0.1) is 13.8 Å². The van der Waals surface area contributed by atoms with E-state index in [1.165, 1.54) is 5.56 Å². The van der Waals surface area contributed by atoms with Gasteiger partial charge in [-0.3, -0.25) is 4.98 Å². The minimum Gasteiger partial charge on any atom is -0.342 e. The molecule has 0 aliphatic carbocycles. The predicted molar refractivity (Wildman–Crippen MR) is 82.3 cm³/mol. The predicted octanol–water partition coefficient (Wildman–Crippen LogP) is 4.51. The lowest BCUT2D eigenvalue weighted by atomic mass is 10.1. The lowest BCUT2D eigenvalue weighted by Crippen LogP contribution is -1.84. The number of aromatic amines is 1. The van der Waals surface area contributed by atoms with Crippen molar-refractivity contribution in [3.63, 3.8) is 0 Å². The van der Waals surface area contributed by atoms with E-state index in [4.69, 9.17) is 0 Å². The second-order valence-electron chi connectivity index (χ2n) is 4.30. The molecular formula is C16H21N3. The van der Waals surface area contributed by atoms with E-state index in [1.54, 1.807) is 0 Å². The summed E-state index contributed by atoms with van der Waals surface area (Å²) < 4.78 is 0. The number of hydrogen-bond donors (Lipinski definition) is 1. The molecule has 0 saturated carbocycles. The number of benzene rings is 1. The molecule has 0 unspecified atom stereocenters. The molecule has 0 bridgehead atoms. The molecule has 0 radical (unpaired) electrons. The van der Waals surface area contributed by atoms with Crippen LogP contribution in [0.25, 0.3) is 22.2 Å². The van der Waals surface area contributed by atoms with Gasteiger partial charge in [-0.05, 0) is 31.5 Å². The Kier molecular flexibility index (Phi) is 3.95. The van der Waals surface area contributed by atoms with Gasteiger partial charge in [0.05, 0.1) is 17.4 Å². The number of rotatable bonds is 1. The first-order valence-electron chi connectivity index (χ1n) is 6.61. The smallest absolute Gasteiger partial charge is 0.103 e.